The molecule has 0 unspecified atom stereocenters. The molecule has 0 aliphatic carbocycles. The number of halogens is 1. The molecular weight excluding hydrogens is 392 g/mol. The molecule has 0 atom stereocenters. The summed E-state index contributed by atoms with van der Waals surface area (Å²) in [5.74, 6) is 1.46. The van der Waals surface area contributed by atoms with E-state index >= 15 is 0 Å². The molecule has 3 rings (SSSR count). The van der Waals surface area contributed by atoms with Crippen LogP contribution in [0.4, 0.5) is 17.6 Å². The maximum absolute atomic E-state index is 11.7. The standard InChI is InChI=1S/C20H21ClN6O2/c1-22-18(28)14-4-2-5-16(12-14)26-20-25-13-24-19(27-20)23-10-3-11-29-17-8-6-15(21)7-9-17/h2,4-9,12-13H,3,10-11H2,1H3,(H,22,28)(H2,23,24,25,26,27). The Hall–Kier alpha value is -3.39. The molecule has 1 heterocycles. The number of amides is 1. The molecule has 1 aromatic heterocycles. The first-order chi connectivity index (χ1) is 14.1. The Bertz CT molecular complexity index is 952. The zero-order chi connectivity index (χ0) is 20.5. The smallest absolute Gasteiger partial charge is 0.251 e. The van der Waals surface area contributed by atoms with Crippen LogP contribution in [0.25, 0.3) is 0 Å². The van der Waals surface area contributed by atoms with Crippen LogP contribution in [0.2, 0.25) is 5.02 Å². The number of hydrogen-bond donors (Lipinski definition) is 3. The van der Waals surface area contributed by atoms with Gasteiger partial charge >= 0.3 is 0 Å². The molecule has 0 bridgehead atoms. The highest BCUT2D eigenvalue weighted by molar-refractivity contribution is 6.30. The van der Waals surface area contributed by atoms with Gasteiger partial charge in [0.05, 0.1) is 6.61 Å². The van der Waals surface area contributed by atoms with Crippen molar-refractivity contribution in [2.45, 2.75) is 6.42 Å². The van der Waals surface area contributed by atoms with Crippen molar-refractivity contribution in [2.75, 3.05) is 30.8 Å². The fourth-order valence-corrected chi connectivity index (χ4v) is 2.57. The van der Waals surface area contributed by atoms with E-state index in [9.17, 15) is 4.79 Å². The van der Waals surface area contributed by atoms with Crippen molar-refractivity contribution >= 4 is 35.1 Å². The number of anilines is 3. The minimum atomic E-state index is -0.160. The van der Waals surface area contributed by atoms with Gasteiger partial charge in [-0.2, -0.15) is 4.98 Å². The Labute approximate surface area is 173 Å². The maximum atomic E-state index is 11.7. The highest BCUT2D eigenvalue weighted by Crippen LogP contribution is 2.16. The zero-order valence-corrected chi connectivity index (χ0v) is 16.6. The molecule has 29 heavy (non-hydrogen) atoms. The SMILES string of the molecule is CNC(=O)c1cccc(Nc2ncnc(NCCCOc3ccc(Cl)cc3)n2)c1. The van der Waals surface area contributed by atoms with E-state index < -0.39 is 0 Å². The Morgan fingerprint density at radius 2 is 1.90 bits per heavy atom. The van der Waals surface area contributed by atoms with Crippen molar-refractivity contribution in [3.05, 3.63) is 65.4 Å². The van der Waals surface area contributed by atoms with Gasteiger partial charge in [0.1, 0.15) is 12.1 Å². The lowest BCUT2D eigenvalue weighted by Gasteiger charge is -2.09. The lowest BCUT2D eigenvalue weighted by molar-refractivity contribution is 0.0963. The summed E-state index contributed by atoms with van der Waals surface area (Å²) in [4.78, 5) is 24.3. The average molecular weight is 413 g/mol. The molecule has 0 saturated heterocycles. The third-order valence-corrected chi connectivity index (χ3v) is 4.12. The molecule has 9 heteroatoms. The minimum absolute atomic E-state index is 0.160. The van der Waals surface area contributed by atoms with E-state index in [1.807, 2.05) is 18.2 Å². The summed E-state index contributed by atoms with van der Waals surface area (Å²) in [6.07, 6.45) is 2.19. The second-order valence-corrected chi connectivity index (χ2v) is 6.44. The van der Waals surface area contributed by atoms with Gasteiger partial charge in [-0.05, 0) is 48.9 Å². The van der Waals surface area contributed by atoms with Gasteiger partial charge in [0, 0.05) is 29.9 Å². The Morgan fingerprint density at radius 1 is 1.10 bits per heavy atom. The van der Waals surface area contributed by atoms with Crippen molar-refractivity contribution in [3.8, 4) is 5.75 Å². The van der Waals surface area contributed by atoms with Crippen LogP contribution in [-0.2, 0) is 0 Å². The Balaban J connectivity index is 1.48. The Morgan fingerprint density at radius 3 is 2.69 bits per heavy atom. The molecule has 2 aromatic carbocycles. The first-order valence-electron chi connectivity index (χ1n) is 9.04. The van der Waals surface area contributed by atoms with Crippen LogP contribution in [0.1, 0.15) is 16.8 Å². The normalized spacial score (nSPS) is 10.3. The van der Waals surface area contributed by atoms with Crippen LogP contribution in [0.5, 0.6) is 5.75 Å². The van der Waals surface area contributed by atoms with Gasteiger partial charge in [0.25, 0.3) is 5.91 Å². The van der Waals surface area contributed by atoms with Crippen LogP contribution in [0.15, 0.2) is 54.9 Å². The second kappa shape index (κ2) is 10.2. The number of nitrogens with one attached hydrogen (secondary N) is 3. The van der Waals surface area contributed by atoms with Gasteiger partial charge < -0.3 is 20.7 Å². The predicted octanol–water partition coefficient (Wildman–Crippen LogP) is 3.51. The molecule has 0 fully saturated rings. The van der Waals surface area contributed by atoms with Gasteiger partial charge in [0.2, 0.25) is 11.9 Å². The molecule has 0 aliphatic rings. The fourth-order valence-electron chi connectivity index (χ4n) is 2.45. The van der Waals surface area contributed by atoms with Crippen LogP contribution < -0.4 is 20.7 Å². The molecule has 1 amide bonds. The van der Waals surface area contributed by atoms with Gasteiger partial charge in [-0.25, -0.2) is 9.97 Å². The largest absolute Gasteiger partial charge is 0.494 e. The molecule has 8 nitrogen and oxygen atoms in total. The van der Waals surface area contributed by atoms with E-state index in [0.717, 1.165) is 12.2 Å². The number of ether oxygens (including phenoxy) is 1. The monoisotopic (exact) mass is 412 g/mol. The summed E-state index contributed by atoms with van der Waals surface area (Å²) in [6, 6.07) is 14.3. The maximum Gasteiger partial charge on any atom is 0.251 e. The molecular formula is C20H21ClN6O2. The molecule has 0 aliphatic heterocycles. The molecule has 3 N–H and O–H groups in total. The van der Waals surface area contributed by atoms with E-state index in [1.165, 1.54) is 6.33 Å². The van der Waals surface area contributed by atoms with E-state index in [0.29, 0.717) is 41.3 Å². The van der Waals surface area contributed by atoms with Crippen molar-refractivity contribution in [2.24, 2.45) is 0 Å². The van der Waals surface area contributed by atoms with Crippen molar-refractivity contribution < 1.29 is 9.53 Å². The van der Waals surface area contributed by atoms with Crippen LogP contribution in [0, 0.1) is 0 Å². The van der Waals surface area contributed by atoms with Crippen LogP contribution in [0.3, 0.4) is 0 Å². The quantitative estimate of drug-likeness (QED) is 0.462. The van der Waals surface area contributed by atoms with Gasteiger partial charge in [0.15, 0.2) is 0 Å². The van der Waals surface area contributed by atoms with Crippen molar-refractivity contribution in [3.63, 3.8) is 0 Å². The van der Waals surface area contributed by atoms with Crippen molar-refractivity contribution in [1.29, 1.82) is 0 Å². The summed E-state index contributed by atoms with van der Waals surface area (Å²) in [7, 11) is 1.59. The van der Waals surface area contributed by atoms with E-state index in [-0.39, 0.29) is 5.91 Å². The lowest BCUT2D eigenvalue weighted by Crippen LogP contribution is -2.17. The third-order valence-electron chi connectivity index (χ3n) is 3.87. The predicted molar refractivity (Wildman–Crippen MR) is 113 cm³/mol. The first-order valence-corrected chi connectivity index (χ1v) is 9.42. The highest BCUT2D eigenvalue weighted by Gasteiger charge is 2.06. The van der Waals surface area contributed by atoms with Crippen LogP contribution in [-0.4, -0.2) is 41.1 Å². The summed E-state index contributed by atoms with van der Waals surface area (Å²) in [6.45, 7) is 1.19. The number of carbonyl (C=O) groups excluding carboxylic acids is 1. The number of rotatable bonds is 9. The summed E-state index contributed by atoms with van der Waals surface area (Å²) in [5, 5.41) is 9.48. The summed E-state index contributed by atoms with van der Waals surface area (Å²) < 4.78 is 5.64. The number of benzene rings is 2. The summed E-state index contributed by atoms with van der Waals surface area (Å²) >= 11 is 5.85. The average Bonchev–Trinajstić information content (AvgIpc) is 2.75. The molecule has 0 spiro atoms. The Kier molecular flexibility index (Phi) is 7.18. The van der Waals surface area contributed by atoms with E-state index in [2.05, 4.69) is 30.9 Å². The second-order valence-electron chi connectivity index (χ2n) is 6.00. The summed E-state index contributed by atoms with van der Waals surface area (Å²) in [5.41, 5.74) is 1.25. The molecule has 0 saturated carbocycles. The van der Waals surface area contributed by atoms with Gasteiger partial charge in [-0.3, -0.25) is 4.79 Å². The third kappa shape index (κ3) is 6.32. The van der Waals surface area contributed by atoms with Gasteiger partial charge in [-0.15, -0.1) is 0 Å². The molecule has 0 radical (unpaired) electrons. The van der Waals surface area contributed by atoms with E-state index in [1.54, 1.807) is 37.4 Å². The highest BCUT2D eigenvalue weighted by atomic mass is 35.5. The molecule has 3 aromatic rings. The van der Waals surface area contributed by atoms with Crippen LogP contribution >= 0.6 is 11.6 Å². The van der Waals surface area contributed by atoms with E-state index in [4.69, 9.17) is 16.3 Å². The lowest BCUT2D eigenvalue weighted by atomic mass is 10.2. The number of nitrogens with zero attached hydrogens (tertiary/aromatic N) is 3. The number of hydrogen-bond acceptors (Lipinski definition) is 7. The minimum Gasteiger partial charge on any atom is -0.494 e. The topological polar surface area (TPSA) is 101 Å². The van der Waals surface area contributed by atoms with Gasteiger partial charge in [-0.1, -0.05) is 17.7 Å². The zero-order valence-electron chi connectivity index (χ0n) is 15.9. The first kappa shape index (κ1) is 20.3. The number of aromatic nitrogens is 3. The number of carbonyl (C=O) groups is 1. The molecule has 150 valence electrons. The fraction of sp³-hybridized carbons (Fsp3) is 0.200. The van der Waals surface area contributed by atoms with Crippen molar-refractivity contribution in [1.82, 2.24) is 20.3 Å².